The molecule has 0 aromatic rings. The number of carbonyl (C=O) groups is 2. The highest BCUT2D eigenvalue weighted by molar-refractivity contribution is 5.86. The van der Waals surface area contributed by atoms with Gasteiger partial charge < -0.3 is 10.6 Å². The standard InChI is InChI=1S/C13H26N2O2/c1-6-7-10(12(14)16)11(8-9(2)3)13(17)15(4)5/h9-11H,6-8H2,1-5H3,(H2,14,16)/t10-,11+/m0/s1. The Kier molecular flexibility index (Phi) is 6.85. The molecule has 2 amide bonds. The van der Waals surface area contributed by atoms with Crippen LogP contribution in [0.2, 0.25) is 0 Å². The molecule has 4 heteroatoms. The Hall–Kier alpha value is -1.06. The largest absolute Gasteiger partial charge is 0.369 e. The molecule has 0 aromatic heterocycles. The summed E-state index contributed by atoms with van der Waals surface area (Å²) in [6.45, 7) is 6.11. The van der Waals surface area contributed by atoms with Crippen LogP contribution >= 0.6 is 0 Å². The molecule has 0 aliphatic heterocycles. The minimum Gasteiger partial charge on any atom is -0.369 e. The number of amides is 2. The molecule has 0 rings (SSSR count). The first-order valence-corrected chi connectivity index (χ1v) is 6.31. The van der Waals surface area contributed by atoms with Crippen molar-refractivity contribution in [2.24, 2.45) is 23.5 Å². The van der Waals surface area contributed by atoms with Crippen LogP contribution in [0, 0.1) is 17.8 Å². The predicted octanol–water partition coefficient (Wildman–Crippen LogP) is 1.64. The lowest BCUT2D eigenvalue weighted by atomic mass is 9.81. The van der Waals surface area contributed by atoms with E-state index >= 15 is 0 Å². The zero-order valence-corrected chi connectivity index (χ0v) is 11.7. The van der Waals surface area contributed by atoms with Gasteiger partial charge in [-0.1, -0.05) is 27.2 Å². The topological polar surface area (TPSA) is 63.4 Å². The summed E-state index contributed by atoms with van der Waals surface area (Å²) >= 11 is 0. The van der Waals surface area contributed by atoms with Crippen molar-refractivity contribution in [2.45, 2.75) is 40.0 Å². The third-order valence-corrected chi connectivity index (χ3v) is 2.93. The van der Waals surface area contributed by atoms with Crippen LogP contribution in [-0.2, 0) is 9.59 Å². The summed E-state index contributed by atoms with van der Waals surface area (Å²) in [4.78, 5) is 25.2. The van der Waals surface area contributed by atoms with Gasteiger partial charge >= 0.3 is 0 Å². The molecule has 0 spiro atoms. The maximum absolute atomic E-state index is 12.1. The summed E-state index contributed by atoms with van der Waals surface area (Å²) in [6.07, 6.45) is 2.26. The lowest BCUT2D eigenvalue weighted by Crippen LogP contribution is -2.40. The fourth-order valence-corrected chi connectivity index (χ4v) is 2.13. The third-order valence-electron chi connectivity index (χ3n) is 2.93. The molecule has 0 radical (unpaired) electrons. The summed E-state index contributed by atoms with van der Waals surface area (Å²) < 4.78 is 0. The van der Waals surface area contributed by atoms with Crippen LogP contribution in [0.25, 0.3) is 0 Å². The molecule has 0 aliphatic carbocycles. The molecule has 4 nitrogen and oxygen atoms in total. The van der Waals surface area contributed by atoms with E-state index in [-0.39, 0.29) is 23.7 Å². The van der Waals surface area contributed by atoms with Crippen LogP contribution in [0.4, 0.5) is 0 Å². The van der Waals surface area contributed by atoms with E-state index in [4.69, 9.17) is 5.73 Å². The van der Waals surface area contributed by atoms with E-state index in [1.54, 1.807) is 19.0 Å². The van der Waals surface area contributed by atoms with Crippen LogP contribution < -0.4 is 5.73 Å². The van der Waals surface area contributed by atoms with Gasteiger partial charge in [-0.3, -0.25) is 9.59 Å². The number of carbonyl (C=O) groups excluding carboxylic acids is 2. The van der Waals surface area contributed by atoms with Crippen molar-refractivity contribution in [3.8, 4) is 0 Å². The second-order valence-electron chi connectivity index (χ2n) is 5.27. The van der Waals surface area contributed by atoms with E-state index in [0.29, 0.717) is 18.8 Å². The van der Waals surface area contributed by atoms with Gasteiger partial charge in [-0.05, 0) is 18.8 Å². The summed E-state index contributed by atoms with van der Waals surface area (Å²) in [5.41, 5.74) is 5.43. The molecule has 0 fully saturated rings. The van der Waals surface area contributed by atoms with Gasteiger partial charge in [0.05, 0.1) is 0 Å². The Morgan fingerprint density at radius 1 is 1.18 bits per heavy atom. The van der Waals surface area contributed by atoms with E-state index in [9.17, 15) is 9.59 Å². The van der Waals surface area contributed by atoms with Crippen molar-refractivity contribution in [2.75, 3.05) is 14.1 Å². The molecule has 100 valence electrons. The molecule has 0 aromatic carbocycles. The molecule has 0 bridgehead atoms. The number of primary amides is 1. The molecule has 0 saturated heterocycles. The number of hydrogen-bond acceptors (Lipinski definition) is 2. The van der Waals surface area contributed by atoms with Gasteiger partial charge in [0.2, 0.25) is 11.8 Å². The lowest BCUT2D eigenvalue weighted by Gasteiger charge is -2.27. The average Bonchev–Trinajstić information content (AvgIpc) is 2.21. The van der Waals surface area contributed by atoms with Crippen molar-refractivity contribution < 1.29 is 9.59 Å². The van der Waals surface area contributed by atoms with Crippen LogP contribution in [0.5, 0.6) is 0 Å². The molecular formula is C13H26N2O2. The van der Waals surface area contributed by atoms with E-state index in [1.165, 1.54) is 0 Å². The number of nitrogens with zero attached hydrogens (tertiary/aromatic N) is 1. The Labute approximate surface area is 105 Å². The number of hydrogen-bond donors (Lipinski definition) is 1. The minimum atomic E-state index is -0.354. The van der Waals surface area contributed by atoms with Crippen molar-refractivity contribution in [3.05, 3.63) is 0 Å². The third kappa shape index (κ3) is 5.20. The first-order valence-electron chi connectivity index (χ1n) is 6.31. The molecule has 0 heterocycles. The maximum Gasteiger partial charge on any atom is 0.225 e. The quantitative estimate of drug-likeness (QED) is 0.737. The molecule has 0 unspecified atom stereocenters. The van der Waals surface area contributed by atoms with E-state index in [2.05, 4.69) is 13.8 Å². The Balaban J connectivity index is 4.97. The van der Waals surface area contributed by atoms with E-state index in [1.807, 2.05) is 6.92 Å². The van der Waals surface area contributed by atoms with Gasteiger partial charge in [0.25, 0.3) is 0 Å². The minimum absolute atomic E-state index is 0.0101. The highest BCUT2D eigenvalue weighted by atomic mass is 16.2. The van der Waals surface area contributed by atoms with Gasteiger partial charge in [0.15, 0.2) is 0 Å². The number of nitrogens with two attached hydrogens (primary N) is 1. The first-order chi connectivity index (χ1) is 7.81. The fourth-order valence-electron chi connectivity index (χ4n) is 2.13. The van der Waals surface area contributed by atoms with Crippen LogP contribution in [0.15, 0.2) is 0 Å². The second kappa shape index (κ2) is 7.30. The molecule has 17 heavy (non-hydrogen) atoms. The fraction of sp³-hybridized carbons (Fsp3) is 0.846. The monoisotopic (exact) mass is 242 g/mol. The molecule has 0 aliphatic rings. The highest BCUT2D eigenvalue weighted by Crippen LogP contribution is 2.26. The van der Waals surface area contributed by atoms with Crippen LogP contribution in [-0.4, -0.2) is 30.8 Å². The smallest absolute Gasteiger partial charge is 0.225 e. The summed E-state index contributed by atoms with van der Waals surface area (Å²) in [5, 5.41) is 0. The predicted molar refractivity (Wildman–Crippen MR) is 69.2 cm³/mol. The summed E-state index contributed by atoms with van der Waals surface area (Å²) in [6, 6.07) is 0. The second-order valence-corrected chi connectivity index (χ2v) is 5.27. The average molecular weight is 242 g/mol. The Morgan fingerprint density at radius 3 is 2.00 bits per heavy atom. The van der Waals surface area contributed by atoms with Crippen molar-refractivity contribution in [1.29, 1.82) is 0 Å². The summed E-state index contributed by atoms with van der Waals surface area (Å²) in [7, 11) is 3.44. The van der Waals surface area contributed by atoms with Crippen molar-refractivity contribution in [1.82, 2.24) is 4.90 Å². The zero-order valence-electron chi connectivity index (χ0n) is 11.7. The van der Waals surface area contributed by atoms with Crippen LogP contribution in [0.3, 0.4) is 0 Å². The van der Waals surface area contributed by atoms with E-state index in [0.717, 1.165) is 6.42 Å². The van der Waals surface area contributed by atoms with Crippen molar-refractivity contribution >= 4 is 11.8 Å². The van der Waals surface area contributed by atoms with Gasteiger partial charge in [-0.2, -0.15) is 0 Å². The van der Waals surface area contributed by atoms with Gasteiger partial charge in [0.1, 0.15) is 0 Å². The van der Waals surface area contributed by atoms with Crippen LogP contribution in [0.1, 0.15) is 40.0 Å². The molecule has 0 saturated carbocycles. The van der Waals surface area contributed by atoms with Crippen molar-refractivity contribution in [3.63, 3.8) is 0 Å². The molecular weight excluding hydrogens is 216 g/mol. The van der Waals surface area contributed by atoms with Gasteiger partial charge in [-0.25, -0.2) is 0 Å². The Bertz CT molecular complexity index is 262. The first kappa shape index (κ1) is 15.9. The number of rotatable bonds is 7. The zero-order chi connectivity index (χ0) is 13.6. The highest BCUT2D eigenvalue weighted by Gasteiger charge is 2.32. The van der Waals surface area contributed by atoms with Gasteiger partial charge in [0, 0.05) is 25.9 Å². The SMILES string of the molecule is CCC[C@H](C(N)=O)[C@@H](CC(C)C)C(=O)N(C)C. The molecule has 2 N–H and O–H groups in total. The Morgan fingerprint density at radius 2 is 1.71 bits per heavy atom. The normalized spacial score (nSPS) is 14.5. The molecule has 2 atom stereocenters. The van der Waals surface area contributed by atoms with Gasteiger partial charge in [-0.15, -0.1) is 0 Å². The lowest BCUT2D eigenvalue weighted by molar-refractivity contribution is -0.140. The maximum atomic E-state index is 12.1. The van der Waals surface area contributed by atoms with E-state index < -0.39 is 0 Å². The summed E-state index contributed by atoms with van der Waals surface area (Å²) in [5.74, 6) is -0.578.